The molecule has 1 aromatic carbocycles. The number of aliphatic carboxylic acids is 1. The van der Waals surface area contributed by atoms with Crippen molar-refractivity contribution in [3.05, 3.63) is 29.8 Å². The lowest BCUT2D eigenvalue weighted by Gasteiger charge is -2.13. The highest BCUT2D eigenvalue weighted by molar-refractivity contribution is 7.85. The van der Waals surface area contributed by atoms with E-state index in [1.165, 1.54) is 12.1 Å². The molecule has 0 bridgehead atoms. The Morgan fingerprint density at radius 2 is 1.73 bits per heavy atom. The molecule has 22 heavy (non-hydrogen) atoms. The molecule has 1 atom stereocenters. The fraction of sp³-hybridized carbons (Fsp3) is 0.533. The van der Waals surface area contributed by atoms with Crippen LogP contribution < -0.4 is 5.73 Å². The number of rotatable bonds is 6. The molecule has 0 radical (unpaired) electrons. The van der Waals surface area contributed by atoms with Crippen molar-refractivity contribution in [2.75, 3.05) is 6.54 Å². The van der Waals surface area contributed by atoms with Gasteiger partial charge in [-0.05, 0) is 43.9 Å². The number of hydrogen-bond acceptors (Lipinski definition) is 4. The largest absolute Gasteiger partial charge is 0.481 e. The van der Waals surface area contributed by atoms with Gasteiger partial charge in [-0.15, -0.1) is 0 Å². The van der Waals surface area contributed by atoms with Gasteiger partial charge >= 0.3 is 5.97 Å². The molecule has 0 aliphatic carbocycles. The summed E-state index contributed by atoms with van der Waals surface area (Å²) in [5.41, 5.74) is 6.36. The zero-order valence-electron chi connectivity index (χ0n) is 13.2. The number of hydrogen-bond donors (Lipinski definition) is 3. The molecule has 0 saturated heterocycles. The van der Waals surface area contributed by atoms with E-state index in [0.717, 1.165) is 12.0 Å². The molecule has 0 saturated carbocycles. The second-order valence-electron chi connectivity index (χ2n) is 5.62. The molecule has 7 heteroatoms. The van der Waals surface area contributed by atoms with Crippen LogP contribution in [0, 0.1) is 18.8 Å². The Balaban J connectivity index is 0.000000401. The van der Waals surface area contributed by atoms with Gasteiger partial charge in [-0.2, -0.15) is 8.42 Å². The van der Waals surface area contributed by atoms with Crippen LogP contribution >= 0.6 is 0 Å². The van der Waals surface area contributed by atoms with Crippen LogP contribution in [0.5, 0.6) is 0 Å². The summed E-state index contributed by atoms with van der Waals surface area (Å²) < 4.78 is 29.6. The van der Waals surface area contributed by atoms with Crippen molar-refractivity contribution in [1.29, 1.82) is 0 Å². The summed E-state index contributed by atoms with van der Waals surface area (Å²) in [6.07, 6.45) is 1.11. The predicted octanol–water partition coefficient (Wildman–Crippen LogP) is 2.32. The third kappa shape index (κ3) is 9.49. The SMILES string of the molecule is CC(C)C[C@H](CN)CC(=O)O.Cc1ccc(S(=O)(=O)O)cc1. The summed E-state index contributed by atoms with van der Waals surface area (Å²) in [5, 5.41) is 8.47. The van der Waals surface area contributed by atoms with Gasteiger partial charge in [0.15, 0.2) is 0 Å². The van der Waals surface area contributed by atoms with Gasteiger partial charge in [0.25, 0.3) is 10.1 Å². The Morgan fingerprint density at radius 1 is 1.23 bits per heavy atom. The second-order valence-corrected chi connectivity index (χ2v) is 7.04. The maximum absolute atomic E-state index is 10.5. The number of carboxylic acids is 1. The minimum Gasteiger partial charge on any atom is -0.481 e. The van der Waals surface area contributed by atoms with Crippen molar-refractivity contribution in [2.24, 2.45) is 17.6 Å². The number of carboxylic acid groups (broad SMARTS) is 1. The van der Waals surface area contributed by atoms with Gasteiger partial charge in [0, 0.05) is 6.42 Å². The van der Waals surface area contributed by atoms with E-state index >= 15 is 0 Å². The number of nitrogens with two attached hydrogens (primary N) is 1. The highest BCUT2D eigenvalue weighted by atomic mass is 32.2. The lowest BCUT2D eigenvalue weighted by Crippen LogP contribution is -2.19. The molecule has 0 aromatic heterocycles. The van der Waals surface area contributed by atoms with E-state index < -0.39 is 16.1 Å². The molecule has 0 spiro atoms. The van der Waals surface area contributed by atoms with Crippen molar-refractivity contribution >= 4 is 16.1 Å². The van der Waals surface area contributed by atoms with Crippen LogP contribution in [-0.2, 0) is 14.9 Å². The van der Waals surface area contributed by atoms with Crippen molar-refractivity contribution in [1.82, 2.24) is 0 Å². The minimum absolute atomic E-state index is 0.0666. The molecule has 0 amide bonds. The van der Waals surface area contributed by atoms with Crippen LogP contribution in [0.25, 0.3) is 0 Å². The van der Waals surface area contributed by atoms with Crippen molar-refractivity contribution in [3.8, 4) is 0 Å². The summed E-state index contributed by atoms with van der Waals surface area (Å²) >= 11 is 0. The van der Waals surface area contributed by atoms with Crippen molar-refractivity contribution < 1.29 is 22.9 Å². The Morgan fingerprint density at radius 3 is 2.05 bits per heavy atom. The van der Waals surface area contributed by atoms with Gasteiger partial charge in [0.05, 0.1) is 4.90 Å². The van der Waals surface area contributed by atoms with Crippen molar-refractivity contribution in [2.45, 2.75) is 38.5 Å². The Kier molecular flexibility index (Phi) is 8.93. The second kappa shape index (κ2) is 9.55. The van der Waals surface area contributed by atoms with Gasteiger partial charge in [0.2, 0.25) is 0 Å². The summed E-state index contributed by atoms with van der Waals surface area (Å²) in [6.45, 7) is 6.47. The zero-order chi connectivity index (χ0) is 17.3. The number of aryl methyl sites for hydroxylation is 1. The van der Waals surface area contributed by atoms with E-state index in [4.69, 9.17) is 15.4 Å². The smallest absolute Gasteiger partial charge is 0.303 e. The third-order valence-electron chi connectivity index (χ3n) is 2.92. The normalized spacial score (nSPS) is 12.5. The highest BCUT2D eigenvalue weighted by Crippen LogP contribution is 2.13. The summed E-state index contributed by atoms with van der Waals surface area (Å²) in [6, 6.07) is 5.99. The average molecular weight is 331 g/mol. The van der Waals surface area contributed by atoms with Crippen molar-refractivity contribution in [3.63, 3.8) is 0 Å². The quantitative estimate of drug-likeness (QED) is 0.689. The first kappa shape index (κ1) is 20.6. The van der Waals surface area contributed by atoms with E-state index in [1.807, 2.05) is 6.92 Å². The number of benzene rings is 1. The van der Waals surface area contributed by atoms with Crippen LogP contribution in [-0.4, -0.2) is 30.6 Å². The van der Waals surface area contributed by atoms with Gasteiger partial charge in [0.1, 0.15) is 0 Å². The molecule has 4 N–H and O–H groups in total. The molecule has 6 nitrogen and oxygen atoms in total. The maximum atomic E-state index is 10.5. The molecule has 0 heterocycles. The zero-order valence-corrected chi connectivity index (χ0v) is 14.0. The van der Waals surface area contributed by atoms with E-state index in [1.54, 1.807) is 12.1 Å². The first-order valence-corrected chi connectivity index (χ1v) is 8.46. The van der Waals surface area contributed by atoms with Gasteiger partial charge in [-0.25, -0.2) is 0 Å². The lowest BCUT2D eigenvalue weighted by molar-refractivity contribution is -0.138. The van der Waals surface area contributed by atoms with Crippen LogP contribution in [0.1, 0.15) is 32.3 Å². The topological polar surface area (TPSA) is 118 Å². The molecule has 0 fully saturated rings. The maximum Gasteiger partial charge on any atom is 0.303 e. The third-order valence-corrected chi connectivity index (χ3v) is 3.79. The first-order valence-electron chi connectivity index (χ1n) is 7.02. The van der Waals surface area contributed by atoms with E-state index in [-0.39, 0.29) is 17.2 Å². The summed E-state index contributed by atoms with van der Waals surface area (Å²) in [4.78, 5) is 10.2. The lowest BCUT2D eigenvalue weighted by atomic mass is 9.94. The van der Waals surface area contributed by atoms with E-state index in [0.29, 0.717) is 12.5 Å². The predicted molar refractivity (Wildman–Crippen MR) is 85.2 cm³/mol. The van der Waals surface area contributed by atoms with Crippen LogP contribution in [0.15, 0.2) is 29.2 Å². The van der Waals surface area contributed by atoms with Gasteiger partial charge in [-0.1, -0.05) is 31.5 Å². The Bertz CT molecular complexity index is 552. The molecular formula is C15H25NO5S. The van der Waals surface area contributed by atoms with E-state index in [2.05, 4.69) is 13.8 Å². The summed E-state index contributed by atoms with van der Waals surface area (Å²) in [7, 11) is -4.02. The Hall–Kier alpha value is -1.44. The van der Waals surface area contributed by atoms with Crippen LogP contribution in [0.3, 0.4) is 0 Å². The molecule has 1 aromatic rings. The van der Waals surface area contributed by atoms with Crippen LogP contribution in [0.2, 0.25) is 0 Å². The fourth-order valence-corrected chi connectivity index (χ4v) is 2.37. The molecule has 1 rings (SSSR count). The van der Waals surface area contributed by atoms with Crippen LogP contribution in [0.4, 0.5) is 0 Å². The Labute approximate surface area is 132 Å². The fourth-order valence-electron chi connectivity index (χ4n) is 1.89. The number of carbonyl (C=O) groups is 1. The molecule has 0 aliphatic heterocycles. The van der Waals surface area contributed by atoms with E-state index in [9.17, 15) is 13.2 Å². The molecule has 0 aliphatic rings. The molecule has 0 unspecified atom stereocenters. The molecule has 126 valence electrons. The monoisotopic (exact) mass is 331 g/mol. The highest BCUT2D eigenvalue weighted by Gasteiger charge is 2.12. The molecular weight excluding hydrogens is 306 g/mol. The minimum atomic E-state index is -4.02. The van der Waals surface area contributed by atoms with Gasteiger partial charge < -0.3 is 10.8 Å². The van der Waals surface area contributed by atoms with Gasteiger partial charge in [-0.3, -0.25) is 9.35 Å². The average Bonchev–Trinajstić information content (AvgIpc) is 2.37. The first-order chi connectivity index (χ1) is 10.1. The standard InChI is InChI=1S/C8H17NO2.C7H8O3S/c1-6(2)3-7(5-9)4-8(10)11;1-6-2-4-7(5-3-6)11(8,9)10/h6-7H,3-5,9H2,1-2H3,(H,10,11);2-5H,1H3,(H,8,9,10)/t7-;/m0./s1. The summed E-state index contributed by atoms with van der Waals surface area (Å²) in [5.74, 6) is -0.0727.